The molecule has 0 heterocycles. The van der Waals surface area contributed by atoms with E-state index in [4.69, 9.17) is 21.4 Å². The van der Waals surface area contributed by atoms with E-state index in [9.17, 15) is 19.7 Å². The summed E-state index contributed by atoms with van der Waals surface area (Å²) in [6, 6.07) is 3.48. The van der Waals surface area contributed by atoms with Crippen LogP contribution >= 0.6 is 11.6 Å². The number of aliphatic carboxylic acids is 1. The number of benzene rings is 1. The molecular formula is C12H13ClN2O6. The predicted octanol–water partition coefficient (Wildman–Crippen LogP) is 1.47. The van der Waals surface area contributed by atoms with Gasteiger partial charge in [0.25, 0.3) is 11.6 Å². The van der Waals surface area contributed by atoms with Crippen molar-refractivity contribution in [2.45, 2.75) is 12.5 Å². The van der Waals surface area contributed by atoms with Gasteiger partial charge in [0.2, 0.25) is 0 Å². The van der Waals surface area contributed by atoms with Gasteiger partial charge in [-0.2, -0.15) is 0 Å². The number of nitro benzene ring substituents is 1. The van der Waals surface area contributed by atoms with Gasteiger partial charge >= 0.3 is 5.97 Å². The van der Waals surface area contributed by atoms with Gasteiger partial charge in [-0.3, -0.25) is 19.7 Å². The number of carboxylic acid groups (broad SMARTS) is 1. The number of hydrogen-bond donors (Lipinski definition) is 2. The number of nitrogens with zero attached hydrogens (tertiary/aromatic N) is 1. The number of rotatable bonds is 7. The molecule has 8 nitrogen and oxygen atoms in total. The Bertz CT molecular complexity index is 563. The fraction of sp³-hybridized carbons (Fsp3) is 0.333. The van der Waals surface area contributed by atoms with Gasteiger partial charge in [-0.1, -0.05) is 11.6 Å². The molecule has 1 aromatic rings. The number of amides is 1. The molecule has 1 amide bonds. The molecule has 21 heavy (non-hydrogen) atoms. The van der Waals surface area contributed by atoms with Crippen molar-refractivity contribution in [2.75, 3.05) is 13.7 Å². The minimum Gasteiger partial charge on any atom is -0.481 e. The van der Waals surface area contributed by atoms with Crippen molar-refractivity contribution in [3.63, 3.8) is 0 Å². The summed E-state index contributed by atoms with van der Waals surface area (Å²) >= 11 is 5.82. The van der Waals surface area contributed by atoms with Crippen LogP contribution in [0.15, 0.2) is 18.2 Å². The van der Waals surface area contributed by atoms with Gasteiger partial charge in [0.15, 0.2) is 0 Å². The van der Waals surface area contributed by atoms with Gasteiger partial charge in [-0.25, -0.2) is 0 Å². The minimum atomic E-state index is -1.07. The van der Waals surface area contributed by atoms with E-state index in [2.05, 4.69) is 5.32 Å². The number of nitrogens with one attached hydrogen (secondary N) is 1. The molecule has 9 heteroatoms. The first-order valence-electron chi connectivity index (χ1n) is 5.82. The molecule has 114 valence electrons. The second-order valence-corrected chi connectivity index (χ2v) is 4.49. The third-order valence-corrected chi connectivity index (χ3v) is 2.96. The third kappa shape index (κ3) is 5.01. The second kappa shape index (κ2) is 7.55. The number of carbonyl (C=O) groups is 2. The van der Waals surface area contributed by atoms with E-state index in [1.54, 1.807) is 0 Å². The monoisotopic (exact) mass is 316 g/mol. The minimum absolute atomic E-state index is 0.0549. The summed E-state index contributed by atoms with van der Waals surface area (Å²) in [5, 5.41) is 21.8. The first-order chi connectivity index (χ1) is 9.85. The van der Waals surface area contributed by atoms with Crippen molar-refractivity contribution in [1.82, 2.24) is 5.32 Å². The number of nitro groups is 1. The number of non-ortho nitro benzene ring substituents is 1. The van der Waals surface area contributed by atoms with Crippen LogP contribution < -0.4 is 5.32 Å². The molecule has 0 radical (unpaired) electrons. The molecule has 0 aromatic heterocycles. The predicted molar refractivity (Wildman–Crippen MR) is 73.5 cm³/mol. The first kappa shape index (κ1) is 16.9. The number of halogens is 1. The van der Waals surface area contributed by atoms with Gasteiger partial charge in [0, 0.05) is 25.8 Å². The second-order valence-electron chi connectivity index (χ2n) is 4.09. The fourth-order valence-corrected chi connectivity index (χ4v) is 1.74. The van der Waals surface area contributed by atoms with Crippen molar-refractivity contribution in [3.05, 3.63) is 38.9 Å². The van der Waals surface area contributed by atoms with Gasteiger partial charge in [-0.05, 0) is 6.07 Å². The Hall–Kier alpha value is -2.19. The molecule has 0 aliphatic heterocycles. The molecule has 2 N–H and O–H groups in total. The van der Waals surface area contributed by atoms with Gasteiger partial charge in [0.05, 0.1) is 28.0 Å². The average Bonchev–Trinajstić information content (AvgIpc) is 2.42. The zero-order valence-electron chi connectivity index (χ0n) is 11.0. The number of ether oxygens (including phenoxy) is 1. The van der Waals surface area contributed by atoms with Crippen molar-refractivity contribution < 1.29 is 24.4 Å². The topological polar surface area (TPSA) is 119 Å². The lowest BCUT2D eigenvalue weighted by atomic mass is 10.1. The molecule has 1 aromatic carbocycles. The smallest absolute Gasteiger partial charge is 0.306 e. The molecule has 0 spiro atoms. The zero-order chi connectivity index (χ0) is 16.0. The van der Waals surface area contributed by atoms with Crippen molar-refractivity contribution in [3.8, 4) is 0 Å². The maximum atomic E-state index is 11.9. The molecule has 0 saturated carbocycles. The number of carboxylic acids is 1. The van der Waals surface area contributed by atoms with E-state index in [0.29, 0.717) is 0 Å². The SMILES string of the molecule is COC(CNC(=O)c1cc([N+](=O)[O-])ccc1Cl)CC(=O)O. The average molecular weight is 317 g/mol. The first-order valence-corrected chi connectivity index (χ1v) is 6.19. The van der Waals surface area contributed by atoms with Crippen molar-refractivity contribution in [1.29, 1.82) is 0 Å². The highest BCUT2D eigenvalue weighted by Crippen LogP contribution is 2.21. The van der Waals surface area contributed by atoms with E-state index in [0.717, 1.165) is 6.07 Å². The van der Waals surface area contributed by atoms with Crippen LogP contribution in [0.3, 0.4) is 0 Å². The van der Waals surface area contributed by atoms with E-state index in [-0.39, 0.29) is 29.2 Å². The fourth-order valence-electron chi connectivity index (χ4n) is 1.54. The molecule has 0 aliphatic carbocycles. The molecule has 0 aliphatic rings. The maximum absolute atomic E-state index is 11.9. The van der Waals surface area contributed by atoms with Crippen molar-refractivity contribution in [2.24, 2.45) is 0 Å². The van der Waals surface area contributed by atoms with E-state index in [1.807, 2.05) is 0 Å². The molecule has 1 rings (SSSR count). The van der Waals surface area contributed by atoms with Crippen LogP contribution in [0.1, 0.15) is 16.8 Å². The number of carbonyl (C=O) groups excluding carboxylic acids is 1. The lowest BCUT2D eigenvalue weighted by molar-refractivity contribution is -0.384. The lowest BCUT2D eigenvalue weighted by Gasteiger charge is -2.14. The summed E-state index contributed by atoms with van der Waals surface area (Å²) in [5.74, 6) is -1.71. The summed E-state index contributed by atoms with van der Waals surface area (Å²) in [5.41, 5.74) is -0.325. The van der Waals surface area contributed by atoms with E-state index < -0.39 is 22.9 Å². The van der Waals surface area contributed by atoms with Crippen LogP contribution in [0.5, 0.6) is 0 Å². The Labute approximate surface area is 124 Å². The van der Waals surface area contributed by atoms with Crippen LogP contribution in [0, 0.1) is 10.1 Å². The summed E-state index contributed by atoms with van der Waals surface area (Å²) in [4.78, 5) is 32.5. The van der Waals surface area contributed by atoms with E-state index in [1.165, 1.54) is 19.2 Å². The van der Waals surface area contributed by atoms with E-state index >= 15 is 0 Å². The zero-order valence-corrected chi connectivity index (χ0v) is 11.8. The van der Waals surface area contributed by atoms with Crippen LogP contribution in [-0.4, -0.2) is 41.7 Å². The van der Waals surface area contributed by atoms with Crippen LogP contribution in [0.25, 0.3) is 0 Å². The summed E-state index contributed by atoms with van der Waals surface area (Å²) in [7, 11) is 1.32. The molecule has 0 fully saturated rings. The highest BCUT2D eigenvalue weighted by atomic mass is 35.5. The lowest BCUT2D eigenvalue weighted by Crippen LogP contribution is -2.34. The summed E-state index contributed by atoms with van der Waals surface area (Å²) < 4.78 is 4.90. The summed E-state index contributed by atoms with van der Waals surface area (Å²) in [6.45, 7) is -0.0549. The number of methoxy groups -OCH3 is 1. The Morgan fingerprint density at radius 2 is 2.19 bits per heavy atom. The van der Waals surface area contributed by atoms with Gasteiger partial charge < -0.3 is 15.2 Å². The molecule has 1 unspecified atom stereocenters. The van der Waals surface area contributed by atoms with Crippen LogP contribution in [0.2, 0.25) is 5.02 Å². The van der Waals surface area contributed by atoms with Gasteiger partial charge in [-0.15, -0.1) is 0 Å². The van der Waals surface area contributed by atoms with Crippen LogP contribution in [-0.2, 0) is 9.53 Å². The Kier molecular flexibility index (Phi) is 6.07. The molecule has 1 atom stereocenters. The Morgan fingerprint density at radius 3 is 2.71 bits per heavy atom. The third-order valence-electron chi connectivity index (χ3n) is 2.63. The van der Waals surface area contributed by atoms with Crippen molar-refractivity contribution >= 4 is 29.2 Å². The number of hydrogen-bond acceptors (Lipinski definition) is 5. The Balaban J connectivity index is 2.77. The standard InChI is InChI=1S/C12H13ClN2O6/c1-21-8(5-11(16)17)6-14-12(18)9-4-7(15(19)20)2-3-10(9)13/h2-4,8H,5-6H2,1H3,(H,14,18)(H,16,17). The molecule has 0 bridgehead atoms. The largest absolute Gasteiger partial charge is 0.481 e. The normalized spacial score (nSPS) is 11.7. The Morgan fingerprint density at radius 1 is 1.52 bits per heavy atom. The highest BCUT2D eigenvalue weighted by molar-refractivity contribution is 6.33. The summed E-state index contributed by atoms with van der Waals surface area (Å²) in [6.07, 6.45) is -0.983. The highest BCUT2D eigenvalue weighted by Gasteiger charge is 2.18. The molecular weight excluding hydrogens is 304 g/mol. The maximum Gasteiger partial charge on any atom is 0.306 e. The van der Waals surface area contributed by atoms with Crippen LogP contribution in [0.4, 0.5) is 5.69 Å². The quantitative estimate of drug-likeness (QED) is 0.580. The molecule has 0 saturated heterocycles. The van der Waals surface area contributed by atoms with Gasteiger partial charge in [0.1, 0.15) is 0 Å².